The number of hydrogen-bond acceptors (Lipinski definition) is 6. The molecule has 0 spiro atoms. The van der Waals surface area contributed by atoms with Crippen LogP contribution in [0.3, 0.4) is 0 Å². The minimum absolute atomic E-state index is 0.111. The van der Waals surface area contributed by atoms with Crippen LogP contribution in [0.4, 0.5) is 11.4 Å². The summed E-state index contributed by atoms with van der Waals surface area (Å²) < 4.78 is 5.05. The minimum Gasteiger partial charge on any atom is -0.481 e. The fourth-order valence-electron chi connectivity index (χ4n) is 2.56. The average molecular weight is 327 g/mol. The van der Waals surface area contributed by atoms with E-state index in [9.17, 15) is 9.59 Å². The zero-order chi connectivity index (χ0) is 17.1. The standard InChI is InChI=1S/C16H17N5O3/c1-3-10-8-21(13-7-17-5-4-11(13)20-15(10)22)16(23)12-6-14(24-2)19-9-18-12/h4-7,9-10H,3,8H2,1-2H3,(H,20,22). The van der Waals surface area contributed by atoms with Crippen LogP contribution in [0.5, 0.6) is 5.88 Å². The summed E-state index contributed by atoms with van der Waals surface area (Å²) in [4.78, 5) is 38.8. The second-order valence-electron chi connectivity index (χ2n) is 5.35. The molecule has 3 rings (SSSR count). The largest absolute Gasteiger partial charge is 0.481 e. The minimum atomic E-state index is -0.333. The van der Waals surface area contributed by atoms with E-state index in [1.807, 2.05) is 6.92 Å². The van der Waals surface area contributed by atoms with Crippen molar-refractivity contribution >= 4 is 23.2 Å². The Balaban J connectivity index is 2.03. The van der Waals surface area contributed by atoms with Gasteiger partial charge < -0.3 is 15.0 Å². The van der Waals surface area contributed by atoms with Crippen LogP contribution in [0, 0.1) is 5.92 Å². The number of nitrogens with zero attached hydrogens (tertiary/aromatic N) is 4. The van der Waals surface area contributed by atoms with E-state index in [1.54, 1.807) is 18.5 Å². The zero-order valence-corrected chi connectivity index (χ0v) is 13.4. The number of nitrogens with one attached hydrogen (secondary N) is 1. The highest BCUT2D eigenvalue weighted by atomic mass is 16.5. The van der Waals surface area contributed by atoms with E-state index in [4.69, 9.17) is 4.74 Å². The number of amides is 2. The first kappa shape index (κ1) is 15.9. The van der Waals surface area contributed by atoms with Gasteiger partial charge in [-0.05, 0) is 12.5 Å². The highest BCUT2D eigenvalue weighted by molar-refractivity contribution is 6.10. The Labute approximate surface area is 138 Å². The molecule has 1 atom stereocenters. The van der Waals surface area contributed by atoms with E-state index in [0.717, 1.165) is 0 Å². The van der Waals surface area contributed by atoms with Crippen LogP contribution in [0.1, 0.15) is 23.8 Å². The molecule has 1 unspecified atom stereocenters. The molecule has 1 aliphatic heterocycles. The van der Waals surface area contributed by atoms with E-state index < -0.39 is 0 Å². The van der Waals surface area contributed by atoms with Gasteiger partial charge in [-0.3, -0.25) is 14.6 Å². The van der Waals surface area contributed by atoms with Crippen LogP contribution in [0.15, 0.2) is 30.9 Å². The summed E-state index contributed by atoms with van der Waals surface area (Å²) in [6, 6.07) is 3.14. The number of aromatic nitrogens is 3. The first-order valence-corrected chi connectivity index (χ1v) is 7.56. The Bertz CT molecular complexity index is 780. The van der Waals surface area contributed by atoms with Gasteiger partial charge in [0.2, 0.25) is 11.8 Å². The zero-order valence-electron chi connectivity index (χ0n) is 13.4. The Morgan fingerprint density at radius 3 is 3.04 bits per heavy atom. The van der Waals surface area contributed by atoms with Crippen molar-refractivity contribution in [3.8, 4) is 5.88 Å². The van der Waals surface area contributed by atoms with Gasteiger partial charge in [-0.2, -0.15) is 0 Å². The van der Waals surface area contributed by atoms with E-state index in [2.05, 4.69) is 20.3 Å². The lowest BCUT2D eigenvalue weighted by Gasteiger charge is -2.23. The quantitative estimate of drug-likeness (QED) is 0.917. The molecule has 8 heteroatoms. The Hall–Kier alpha value is -3.03. The molecule has 0 fully saturated rings. The number of anilines is 2. The summed E-state index contributed by atoms with van der Waals surface area (Å²) in [6.45, 7) is 2.17. The van der Waals surface area contributed by atoms with Gasteiger partial charge in [0.1, 0.15) is 12.0 Å². The molecular formula is C16H17N5O3. The van der Waals surface area contributed by atoms with Crippen LogP contribution < -0.4 is 15.0 Å². The fraction of sp³-hybridized carbons (Fsp3) is 0.312. The number of carbonyl (C=O) groups excluding carboxylic acids is 2. The van der Waals surface area contributed by atoms with Gasteiger partial charge in [0.15, 0.2) is 0 Å². The molecule has 0 aromatic carbocycles. The van der Waals surface area contributed by atoms with E-state index >= 15 is 0 Å². The predicted octanol–water partition coefficient (Wildman–Crippen LogP) is 1.51. The van der Waals surface area contributed by atoms with Crippen LogP contribution >= 0.6 is 0 Å². The number of hydrogen-bond donors (Lipinski definition) is 1. The Morgan fingerprint density at radius 2 is 2.29 bits per heavy atom. The van der Waals surface area contributed by atoms with Crippen molar-refractivity contribution in [1.29, 1.82) is 0 Å². The van der Waals surface area contributed by atoms with Crippen LogP contribution in [-0.4, -0.2) is 40.4 Å². The molecule has 0 aliphatic carbocycles. The van der Waals surface area contributed by atoms with Gasteiger partial charge in [-0.15, -0.1) is 0 Å². The van der Waals surface area contributed by atoms with Crippen molar-refractivity contribution < 1.29 is 14.3 Å². The van der Waals surface area contributed by atoms with Gasteiger partial charge in [-0.1, -0.05) is 6.92 Å². The van der Waals surface area contributed by atoms with Gasteiger partial charge in [-0.25, -0.2) is 9.97 Å². The summed E-state index contributed by atoms with van der Waals surface area (Å²) >= 11 is 0. The number of fused-ring (bicyclic) bond motifs is 1. The monoisotopic (exact) mass is 327 g/mol. The maximum Gasteiger partial charge on any atom is 0.277 e. The first-order valence-electron chi connectivity index (χ1n) is 7.56. The molecule has 0 saturated carbocycles. The molecule has 0 radical (unpaired) electrons. The number of carbonyl (C=O) groups is 2. The summed E-state index contributed by atoms with van der Waals surface area (Å²) in [5.74, 6) is -0.457. The Kier molecular flexibility index (Phi) is 4.37. The van der Waals surface area contributed by atoms with Crippen molar-refractivity contribution in [2.24, 2.45) is 5.92 Å². The predicted molar refractivity (Wildman–Crippen MR) is 86.9 cm³/mol. The molecule has 0 bridgehead atoms. The highest BCUT2D eigenvalue weighted by Crippen LogP contribution is 2.31. The molecule has 0 saturated heterocycles. The van der Waals surface area contributed by atoms with Crippen molar-refractivity contribution in [3.63, 3.8) is 0 Å². The average Bonchev–Trinajstić information content (AvgIpc) is 2.77. The van der Waals surface area contributed by atoms with E-state index in [-0.39, 0.29) is 30.0 Å². The number of pyridine rings is 1. The van der Waals surface area contributed by atoms with Crippen LogP contribution in [0.25, 0.3) is 0 Å². The van der Waals surface area contributed by atoms with E-state index in [1.165, 1.54) is 24.4 Å². The summed E-state index contributed by atoms with van der Waals surface area (Å²) in [6.07, 6.45) is 5.02. The third-order valence-corrected chi connectivity index (χ3v) is 3.93. The smallest absolute Gasteiger partial charge is 0.277 e. The molecule has 1 N–H and O–H groups in total. The van der Waals surface area contributed by atoms with Crippen molar-refractivity contribution in [2.45, 2.75) is 13.3 Å². The SMILES string of the molecule is CCC1CN(C(=O)c2cc(OC)ncn2)c2cnccc2NC1=O. The summed E-state index contributed by atoms with van der Waals surface area (Å²) in [5, 5.41) is 2.85. The summed E-state index contributed by atoms with van der Waals surface area (Å²) in [7, 11) is 1.47. The van der Waals surface area contributed by atoms with Gasteiger partial charge in [0.25, 0.3) is 5.91 Å². The molecule has 3 heterocycles. The maximum atomic E-state index is 13.0. The van der Waals surface area contributed by atoms with Gasteiger partial charge in [0, 0.05) is 18.8 Å². The van der Waals surface area contributed by atoms with Gasteiger partial charge >= 0.3 is 0 Å². The molecule has 8 nitrogen and oxygen atoms in total. The molecular weight excluding hydrogens is 310 g/mol. The molecule has 1 aliphatic rings. The molecule has 24 heavy (non-hydrogen) atoms. The maximum absolute atomic E-state index is 13.0. The van der Waals surface area contributed by atoms with Crippen LogP contribution in [0.2, 0.25) is 0 Å². The topological polar surface area (TPSA) is 97.3 Å². The third kappa shape index (κ3) is 2.90. The molecule has 2 aromatic rings. The van der Waals surface area contributed by atoms with Crippen molar-refractivity contribution in [2.75, 3.05) is 23.9 Å². The Morgan fingerprint density at radius 1 is 1.46 bits per heavy atom. The molecule has 2 aromatic heterocycles. The van der Waals surface area contributed by atoms with E-state index in [0.29, 0.717) is 23.7 Å². The lowest BCUT2D eigenvalue weighted by Crippen LogP contribution is -2.37. The second kappa shape index (κ2) is 6.61. The summed E-state index contributed by atoms with van der Waals surface area (Å²) in [5.41, 5.74) is 1.30. The highest BCUT2D eigenvalue weighted by Gasteiger charge is 2.31. The van der Waals surface area contributed by atoms with Crippen molar-refractivity contribution in [3.05, 3.63) is 36.5 Å². The van der Waals surface area contributed by atoms with Crippen molar-refractivity contribution in [1.82, 2.24) is 15.0 Å². The number of ether oxygens (including phenoxy) is 1. The number of methoxy groups -OCH3 is 1. The first-order chi connectivity index (χ1) is 11.6. The fourth-order valence-corrected chi connectivity index (χ4v) is 2.56. The lowest BCUT2D eigenvalue weighted by atomic mass is 10.1. The normalized spacial score (nSPS) is 16.8. The molecule has 2 amide bonds. The lowest BCUT2D eigenvalue weighted by molar-refractivity contribution is -0.119. The van der Waals surface area contributed by atoms with Gasteiger partial charge in [0.05, 0.1) is 30.6 Å². The number of rotatable bonds is 3. The third-order valence-electron chi connectivity index (χ3n) is 3.93. The molecule has 124 valence electrons. The van der Waals surface area contributed by atoms with Crippen LogP contribution in [-0.2, 0) is 4.79 Å². The second-order valence-corrected chi connectivity index (χ2v) is 5.35.